The first-order chi connectivity index (χ1) is 14.9. The fourth-order valence-electron chi connectivity index (χ4n) is 2.60. The molecule has 2 heterocycles. The number of rotatable bonds is 8. The molecule has 0 aliphatic heterocycles. The van der Waals surface area contributed by atoms with Crippen LogP contribution in [0.1, 0.15) is 16.1 Å². The topological polar surface area (TPSA) is 145 Å². The monoisotopic (exact) mass is 442 g/mol. The number of carbonyl (C=O) groups excluding carboxylic acids is 2. The van der Waals surface area contributed by atoms with E-state index in [0.717, 1.165) is 17.3 Å². The van der Waals surface area contributed by atoms with Gasteiger partial charge >= 0.3 is 0 Å². The standard InChI is InChI=1S/C19H18N6O5S/c1-3-9-24-17(15-8-10-30-12(15)2)21-23-19(24)31-11-16(26)20-22-18(27)13-4-6-14(7-5-13)25(28)29/h3-8,10H,1,9,11H2,2H3,(H,20,26)(H,22,27). The summed E-state index contributed by atoms with van der Waals surface area (Å²) in [5.74, 6) is 0.206. The summed E-state index contributed by atoms with van der Waals surface area (Å²) in [6, 6.07) is 6.79. The molecule has 3 rings (SSSR count). The molecule has 0 aliphatic rings. The summed E-state index contributed by atoms with van der Waals surface area (Å²) in [4.78, 5) is 34.3. The number of aromatic nitrogens is 3. The number of aryl methyl sites for hydroxylation is 1. The third kappa shape index (κ3) is 5.17. The Kier molecular flexibility index (Phi) is 6.82. The quantitative estimate of drug-likeness (QED) is 0.234. The van der Waals surface area contributed by atoms with E-state index in [0.29, 0.717) is 23.3 Å². The fraction of sp³-hybridized carbons (Fsp3) is 0.158. The molecule has 1 aromatic carbocycles. The lowest BCUT2D eigenvalue weighted by molar-refractivity contribution is -0.384. The zero-order valence-electron chi connectivity index (χ0n) is 16.4. The molecule has 2 N–H and O–H groups in total. The lowest BCUT2D eigenvalue weighted by Crippen LogP contribution is -2.42. The van der Waals surface area contributed by atoms with Crippen LogP contribution in [0.5, 0.6) is 0 Å². The van der Waals surface area contributed by atoms with Crippen LogP contribution in [0.3, 0.4) is 0 Å². The average molecular weight is 442 g/mol. The highest BCUT2D eigenvalue weighted by Gasteiger charge is 2.18. The lowest BCUT2D eigenvalue weighted by atomic mass is 10.2. The molecule has 31 heavy (non-hydrogen) atoms. The number of nitrogens with zero attached hydrogens (tertiary/aromatic N) is 4. The Morgan fingerprint density at radius 1 is 1.26 bits per heavy atom. The van der Waals surface area contributed by atoms with Crippen molar-refractivity contribution in [3.05, 3.63) is 70.7 Å². The van der Waals surface area contributed by atoms with Crippen molar-refractivity contribution in [1.29, 1.82) is 0 Å². The van der Waals surface area contributed by atoms with Crippen LogP contribution in [0.15, 0.2) is 58.8 Å². The number of nitro groups is 1. The zero-order valence-corrected chi connectivity index (χ0v) is 17.2. The molecule has 2 amide bonds. The number of non-ortho nitro benzene ring substituents is 1. The molecular weight excluding hydrogens is 424 g/mol. The highest BCUT2D eigenvalue weighted by atomic mass is 32.2. The van der Waals surface area contributed by atoms with Crippen LogP contribution in [-0.2, 0) is 11.3 Å². The molecule has 3 aromatic rings. The van der Waals surface area contributed by atoms with Gasteiger partial charge < -0.3 is 4.42 Å². The number of hydrogen-bond acceptors (Lipinski definition) is 8. The number of benzene rings is 1. The summed E-state index contributed by atoms with van der Waals surface area (Å²) in [7, 11) is 0. The first-order valence-corrected chi connectivity index (χ1v) is 9.94. The van der Waals surface area contributed by atoms with Gasteiger partial charge in [0.2, 0.25) is 5.91 Å². The van der Waals surface area contributed by atoms with E-state index in [1.54, 1.807) is 23.0 Å². The van der Waals surface area contributed by atoms with E-state index in [1.807, 2.05) is 6.92 Å². The number of carbonyl (C=O) groups is 2. The van der Waals surface area contributed by atoms with Crippen molar-refractivity contribution in [2.45, 2.75) is 18.6 Å². The third-order valence-corrected chi connectivity index (χ3v) is 5.08. The van der Waals surface area contributed by atoms with Crippen molar-refractivity contribution in [3.8, 4) is 11.4 Å². The third-order valence-electron chi connectivity index (χ3n) is 4.12. The maximum atomic E-state index is 12.1. The maximum absolute atomic E-state index is 12.1. The SMILES string of the molecule is C=CCn1c(SCC(=O)NNC(=O)c2ccc([N+](=O)[O-])cc2)nnc1-c1ccoc1C. The minimum Gasteiger partial charge on any atom is -0.469 e. The highest BCUT2D eigenvalue weighted by molar-refractivity contribution is 7.99. The summed E-state index contributed by atoms with van der Waals surface area (Å²) in [5.41, 5.74) is 5.39. The zero-order chi connectivity index (χ0) is 22.4. The highest BCUT2D eigenvalue weighted by Crippen LogP contribution is 2.27. The van der Waals surface area contributed by atoms with Crippen molar-refractivity contribution in [3.63, 3.8) is 0 Å². The number of allylic oxidation sites excluding steroid dienone is 1. The second-order valence-corrected chi connectivity index (χ2v) is 7.13. The van der Waals surface area contributed by atoms with E-state index in [-0.39, 0.29) is 17.0 Å². The van der Waals surface area contributed by atoms with Crippen molar-refractivity contribution in [1.82, 2.24) is 25.6 Å². The number of nitrogens with one attached hydrogen (secondary N) is 2. The molecule has 160 valence electrons. The van der Waals surface area contributed by atoms with Gasteiger partial charge in [-0.3, -0.25) is 35.1 Å². The molecule has 11 nitrogen and oxygen atoms in total. The van der Waals surface area contributed by atoms with Gasteiger partial charge in [0.1, 0.15) is 5.76 Å². The average Bonchev–Trinajstić information content (AvgIpc) is 3.36. The molecule has 0 radical (unpaired) electrons. The van der Waals surface area contributed by atoms with E-state index >= 15 is 0 Å². The van der Waals surface area contributed by atoms with Crippen molar-refractivity contribution in [2.75, 3.05) is 5.75 Å². The molecule has 0 fully saturated rings. The van der Waals surface area contributed by atoms with Gasteiger partial charge in [0.05, 0.1) is 22.5 Å². The Bertz CT molecular complexity index is 1120. The predicted molar refractivity (Wildman–Crippen MR) is 112 cm³/mol. The number of amides is 2. The number of hydrazine groups is 1. The Labute approximate surface area is 180 Å². The van der Waals surface area contributed by atoms with Crippen LogP contribution in [0.2, 0.25) is 0 Å². The molecule has 0 saturated heterocycles. The van der Waals surface area contributed by atoms with Crippen LogP contribution in [0, 0.1) is 17.0 Å². The molecule has 0 spiro atoms. The number of hydrogen-bond donors (Lipinski definition) is 2. The first kappa shape index (κ1) is 21.8. The van der Waals surface area contributed by atoms with Gasteiger partial charge in [-0.2, -0.15) is 0 Å². The Morgan fingerprint density at radius 3 is 2.61 bits per heavy atom. The predicted octanol–water partition coefficient (Wildman–Crippen LogP) is 2.49. The van der Waals surface area contributed by atoms with Gasteiger partial charge in [-0.15, -0.1) is 16.8 Å². The Hall–Kier alpha value is -3.93. The van der Waals surface area contributed by atoms with Gasteiger partial charge in [0.25, 0.3) is 11.6 Å². The molecule has 0 unspecified atom stereocenters. The molecule has 2 aromatic heterocycles. The van der Waals surface area contributed by atoms with Gasteiger partial charge in [0.15, 0.2) is 11.0 Å². The molecule has 0 saturated carbocycles. The van der Waals surface area contributed by atoms with E-state index in [9.17, 15) is 19.7 Å². The smallest absolute Gasteiger partial charge is 0.269 e. The second-order valence-electron chi connectivity index (χ2n) is 6.19. The van der Waals surface area contributed by atoms with Crippen LogP contribution in [0.4, 0.5) is 5.69 Å². The van der Waals surface area contributed by atoms with E-state index in [1.165, 1.54) is 24.3 Å². The maximum Gasteiger partial charge on any atom is 0.269 e. The van der Waals surface area contributed by atoms with Crippen LogP contribution in [0.25, 0.3) is 11.4 Å². The molecular formula is C19H18N6O5S. The van der Waals surface area contributed by atoms with E-state index in [4.69, 9.17) is 4.42 Å². The van der Waals surface area contributed by atoms with E-state index in [2.05, 4.69) is 27.6 Å². The largest absolute Gasteiger partial charge is 0.469 e. The molecule has 12 heteroatoms. The number of thioether (sulfide) groups is 1. The Morgan fingerprint density at radius 2 is 2.00 bits per heavy atom. The normalized spacial score (nSPS) is 10.5. The van der Waals surface area contributed by atoms with Gasteiger partial charge in [0, 0.05) is 24.2 Å². The number of furan rings is 1. The molecule has 0 aliphatic carbocycles. The van der Waals surface area contributed by atoms with Gasteiger partial charge in [-0.1, -0.05) is 17.8 Å². The van der Waals surface area contributed by atoms with Crippen LogP contribution >= 0.6 is 11.8 Å². The van der Waals surface area contributed by atoms with Gasteiger partial charge in [-0.05, 0) is 25.1 Å². The molecule has 0 bridgehead atoms. The minimum absolute atomic E-state index is 0.0276. The fourth-order valence-corrected chi connectivity index (χ4v) is 3.35. The summed E-state index contributed by atoms with van der Waals surface area (Å²) >= 11 is 1.14. The first-order valence-electron chi connectivity index (χ1n) is 8.95. The van der Waals surface area contributed by atoms with Crippen molar-refractivity contribution < 1.29 is 18.9 Å². The van der Waals surface area contributed by atoms with Crippen LogP contribution in [-0.4, -0.2) is 37.3 Å². The second kappa shape index (κ2) is 9.71. The van der Waals surface area contributed by atoms with E-state index < -0.39 is 16.7 Å². The summed E-state index contributed by atoms with van der Waals surface area (Å²) in [6.07, 6.45) is 3.25. The molecule has 0 atom stereocenters. The summed E-state index contributed by atoms with van der Waals surface area (Å²) in [5, 5.41) is 19.5. The lowest BCUT2D eigenvalue weighted by Gasteiger charge is -2.08. The summed E-state index contributed by atoms with van der Waals surface area (Å²) in [6.45, 7) is 5.99. The van der Waals surface area contributed by atoms with Crippen LogP contribution < -0.4 is 10.9 Å². The van der Waals surface area contributed by atoms with Crippen molar-refractivity contribution in [2.24, 2.45) is 0 Å². The minimum atomic E-state index is -0.596. The summed E-state index contributed by atoms with van der Waals surface area (Å²) < 4.78 is 7.12. The van der Waals surface area contributed by atoms with Crippen molar-refractivity contribution >= 4 is 29.3 Å². The number of nitro benzene ring substituents is 1. The Balaban J connectivity index is 1.57. The van der Waals surface area contributed by atoms with Gasteiger partial charge in [-0.25, -0.2) is 0 Å².